The smallest absolute Gasteiger partial charge is 0.408 e. The number of primary amides is 1. The number of anilines is 1. The van der Waals surface area contributed by atoms with E-state index in [9.17, 15) is 24.3 Å². The Bertz CT molecular complexity index is 1200. The first-order valence-electron chi connectivity index (χ1n) is 13.4. The molecule has 0 spiro atoms. The highest BCUT2D eigenvalue weighted by atomic mass is 16.6. The molecule has 4 amide bonds. The summed E-state index contributed by atoms with van der Waals surface area (Å²) >= 11 is 0. The van der Waals surface area contributed by atoms with Crippen molar-refractivity contribution in [2.45, 2.75) is 91.5 Å². The highest BCUT2D eigenvalue weighted by molar-refractivity contribution is 6.00. The minimum atomic E-state index is -1.20. The van der Waals surface area contributed by atoms with Crippen LogP contribution in [-0.2, 0) is 19.1 Å². The molecule has 40 heavy (non-hydrogen) atoms. The number of nitrogens with two attached hydrogens (primary N) is 1. The number of aryl methyl sites for hydroxylation is 2. The number of phenols is 1. The zero-order chi connectivity index (χ0) is 30.2. The summed E-state index contributed by atoms with van der Waals surface area (Å²) in [7, 11) is 0. The Balaban J connectivity index is 2.61. The van der Waals surface area contributed by atoms with E-state index in [0.29, 0.717) is 17.7 Å². The van der Waals surface area contributed by atoms with Crippen LogP contribution in [0.1, 0.15) is 76.6 Å². The number of carbonyl (C=O) groups is 4. The molecule has 0 saturated heterocycles. The van der Waals surface area contributed by atoms with Gasteiger partial charge in [-0.3, -0.25) is 14.4 Å². The average Bonchev–Trinajstić information content (AvgIpc) is 2.85. The van der Waals surface area contributed by atoms with Gasteiger partial charge in [-0.1, -0.05) is 37.3 Å². The van der Waals surface area contributed by atoms with Crippen molar-refractivity contribution in [3.63, 3.8) is 0 Å². The van der Waals surface area contributed by atoms with Gasteiger partial charge in [-0.25, -0.2) is 4.79 Å². The van der Waals surface area contributed by atoms with Crippen LogP contribution in [0, 0.1) is 13.8 Å². The third-order valence-electron chi connectivity index (χ3n) is 6.43. The molecule has 2 aromatic rings. The molecule has 5 N–H and O–H groups in total. The molecule has 0 aliphatic carbocycles. The number of alkyl carbamates (subject to hydrolysis) is 1. The van der Waals surface area contributed by atoms with Crippen molar-refractivity contribution in [2.75, 3.05) is 5.32 Å². The molecule has 3 unspecified atom stereocenters. The number of hydrogen-bond acceptors (Lipinski definition) is 6. The Morgan fingerprint density at radius 3 is 2.17 bits per heavy atom. The van der Waals surface area contributed by atoms with Gasteiger partial charge in [0.25, 0.3) is 5.91 Å². The molecule has 2 aromatic carbocycles. The summed E-state index contributed by atoms with van der Waals surface area (Å²) in [6, 6.07) is 8.91. The van der Waals surface area contributed by atoms with Gasteiger partial charge in [-0.15, -0.1) is 0 Å². The highest BCUT2D eigenvalue weighted by Gasteiger charge is 2.39. The number of nitrogens with zero attached hydrogens (tertiary/aromatic N) is 1. The summed E-state index contributed by atoms with van der Waals surface area (Å²) in [4.78, 5) is 53.9. The van der Waals surface area contributed by atoms with Gasteiger partial charge in [0.05, 0.1) is 0 Å². The molecule has 2 rings (SSSR count). The summed E-state index contributed by atoms with van der Waals surface area (Å²) in [6.07, 6.45) is -0.627. The van der Waals surface area contributed by atoms with Gasteiger partial charge in [-0.05, 0) is 83.2 Å². The van der Waals surface area contributed by atoms with Gasteiger partial charge in [0.15, 0.2) is 0 Å². The van der Waals surface area contributed by atoms with E-state index in [4.69, 9.17) is 10.5 Å². The number of hydrogen-bond donors (Lipinski definition) is 4. The standard InChI is InChI=1S/C30H42N4O6/c1-8-20(4)34(28(38)23(15-16-24(31)36)32-29(39)40-30(5,6)7)26(21-13-10-14-22(35)17-21)27(37)33-25-18(2)11-9-12-19(25)3/h9-14,17,20,23,26,35H,8,15-16H2,1-7H3,(H2,31,36)(H,32,39)(H,33,37). The largest absolute Gasteiger partial charge is 0.508 e. The van der Waals surface area contributed by atoms with E-state index in [1.807, 2.05) is 39.0 Å². The van der Waals surface area contributed by atoms with Crippen molar-refractivity contribution in [3.05, 3.63) is 59.2 Å². The topological polar surface area (TPSA) is 151 Å². The first kappa shape index (κ1) is 32.1. The fraction of sp³-hybridized carbons (Fsp3) is 0.467. The number of para-hydroxylation sites is 1. The Kier molecular flexibility index (Phi) is 11.1. The van der Waals surface area contributed by atoms with Crippen molar-refractivity contribution in [3.8, 4) is 5.75 Å². The zero-order valence-corrected chi connectivity index (χ0v) is 24.4. The maximum absolute atomic E-state index is 14.2. The average molecular weight is 555 g/mol. The van der Waals surface area contributed by atoms with Crippen LogP contribution in [0.3, 0.4) is 0 Å². The lowest BCUT2D eigenvalue weighted by Gasteiger charge is -2.38. The van der Waals surface area contributed by atoms with Crippen LogP contribution < -0.4 is 16.4 Å². The predicted octanol–water partition coefficient (Wildman–Crippen LogP) is 4.47. The highest BCUT2D eigenvalue weighted by Crippen LogP contribution is 2.31. The van der Waals surface area contributed by atoms with E-state index in [2.05, 4.69) is 10.6 Å². The van der Waals surface area contributed by atoms with Gasteiger partial charge in [0.2, 0.25) is 11.8 Å². The van der Waals surface area contributed by atoms with Crippen LogP contribution >= 0.6 is 0 Å². The normalized spacial score (nSPS) is 13.5. The van der Waals surface area contributed by atoms with Gasteiger partial charge in [0, 0.05) is 18.2 Å². The summed E-state index contributed by atoms with van der Waals surface area (Å²) in [5, 5.41) is 15.8. The first-order chi connectivity index (χ1) is 18.6. The van der Waals surface area contributed by atoms with E-state index in [1.54, 1.807) is 39.8 Å². The Labute approximate surface area is 236 Å². The number of rotatable bonds is 11. The minimum absolute atomic E-state index is 0.0731. The molecule has 218 valence electrons. The van der Waals surface area contributed by atoms with Crippen molar-refractivity contribution in [1.82, 2.24) is 10.2 Å². The molecular formula is C30H42N4O6. The predicted molar refractivity (Wildman–Crippen MR) is 154 cm³/mol. The Morgan fingerprint density at radius 2 is 1.65 bits per heavy atom. The van der Waals surface area contributed by atoms with Crippen molar-refractivity contribution < 1.29 is 29.0 Å². The molecule has 3 atom stereocenters. The fourth-order valence-electron chi connectivity index (χ4n) is 4.31. The van der Waals surface area contributed by atoms with E-state index < -0.39 is 47.5 Å². The second-order valence-electron chi connectivity index (χ2n) is 11.0. The van der Waals surface area contributed by atoms with Crippen LogP contribution in [0.5, 0.6) is 5.75 Å². The number of nitrogens with one attached hydrogen (secondary N) is 2. The fourth-order valence-corrected chi connectivity index (χ4v) is 4.31. The minimum Gasteiger partial charge on any atom is -0.508 e. The molecule has 0 fully saturated rings. The Hall–Kier alpha value is -4.08. The second-order valence-corrected chi connectivity index (χ2v) is 11.0. The molecular weight excluding hydrogens is 512 g/mol. The van der Waals surface area contributed by atoms with E-state index in [-0.39, 0.29) is 18.6 Å². The van der Waals surface area contributed by atoms with Crippen LogP contribution in [0.4, 0.5) is 10.5 Å². The van der Waals surface area contributed by atoms with Gasteiger partial charge in [0.1, 0.15) is 23.4 Å². The van der Waals surface area contributed by atoms with E-state index in [0.717, 1.165) is 11.1 Å². The molecule has 10 nitrogen and oxygen atoms in total. The van der Waals surface area contributed by atoms with Crippen LogP contribution in [-0.4, -0.2) is 51.5 Å². The molecule has 0 aliphatic heterocycles. The lowest BCUT2D eigenvalue weighted by atomic mass is 9.98. The number of benzene rings is 2. The summed E-state index contributed by atoms with van der Waals surface area (Å²) in [6.45, 7) is 12.5. The molecule has 0 radical (unpaired) electrons. The maximum Gasteiger partial charge on any atom is 0.408 e. The third-order valence-corrected chi connectivity index (χ3v) is 6.43. The first-order valence-corrected chi connectivity index (χ1v) is 13.4. The van der Waals surface area contributed by atoms with Crippen LogP contribution in [0.15, 0.2) is 42.5 Å². The molecule has 0 bridgehead atoms. The van der Waals surface area contributed by atoms with E-state index >= 15 is 0 Å². The van der Waals surface area contributed by atoms with Crippen molar-refractivity contribution >= 4 is 29.5 Å². The molecule has 0 heterocycles. The zero-order valence-electron chi connectivity index (χ0n) is 24.4. The molecule has 10 heteroatoms. The van der Waals surface area contributed by atoms with Crippen LogP contribution in [0.25, 0.3) is 0 Å². The maximum atomic E-state index is 14.2. The van der Waals surface area contributed by atoms with E-state index in [1.165, 1.54) is 17.0 Å². The van der Waals surface area contributed by atoms with Crippen molar-refractivity contribution in [2.24, 2.45) is 5.73 Å². The summed E-state index contributed by atoms with van der Waals surface area (Å²) < 4.78 is 5.36. The monoisotopic (exact) mass is 554 g/mol. The van der Waals surface area contributed by atoms with Gasteiger partial charge < -0.3 is 31.1 Å². The molecule has 0 aromatic heterocycles. The number of phenolic OH excluding ortho intramolecular Hbond substituents is 1. The number of aromatic hydroxyl groups is 1. The molecule has 0 saturated carbocycles. The number of ether oxygens (including phenoxy) is 1. The van der Waals surface area contributed by atoms with Crippen LogP contribution in [0.2, 0.25) is 0 Å². The number of amides is 4. The van der Waals surface area contributed by atoms with Gasteiger partial charge >= 0.3 is 6.09 Å². The third kappa shape index (κ3) is 9.00. The summed E-state index contributed by atoms with van der Waals surface area (Å²) in [5.74, 6) is -1.80. The molecule has 0 aliphatic rings. The second kappa shape index (κ2) is 13.8. The lowest BCUT2D eigenvalue weighted by molar-refractivity contribution is -0.143. The van der Waals surface area contributed by atoms with Crippen molar-refractivity contribution in [1.29, 1.82) is 0 Å². The Morgan fingerprint density at radius 1 is 1.05 bits per heavy atom. The van der Waals surface area contributed by atoms with Gasteiger partial charge in [-0.2, -0.15) is 0 Å². The lowest BCUT2D eigenvalue weighted by Crippen LogP contribution is -2.55. The SMILES string of the molecule is CCC(C)N(C(=O)C(CCC(N)=O)NC(=O)OC(C)(C)C)C(C(=O)Nc1c(C)cccc1C)c1cccc(O)c1. The number of carbonyl (C=O) groups excluding carboxylic acids is 4. The summed E-state index contributed by atoms with van der Waals surface area (Å²) in [5.41, 5.74) is 7.22. The quantitative estimate of drug-likeness (QED) is 0.322.